The molecule has 0 spiro atoms. The number of benzene rings is 1. The fraction of sp³-hybridized carbons (Fsp3) is 0.250. The van der Waals surface area contributed by atoms with E-state index in [1.165, 1.54) is 12.1 Å². The molecule has 7 heteroatoms. The maximum Gasteiger partial charge on any atom is 0.220 e. The Morgan fingerprint density at radius 3 is 2.89 bits per heavy atom. The minimum atomic E-state index is -0.269. The zero-order chi connectivity index (χ0) is 18.4. The van der Waals surface area contributed by atoms with E-state index in [2.05, 4.69) is 15.2 Å². The van der Waals surface area contributed by atoms with Crippen molar-refractivity contribution < 1.29 is 9.13 Å². The highest BCUT2D eigenvalue weighted by atomic mass is 19.1. The minimum absolute atomic E-state index is 0.269. The van der Waals surface area contributed by atoms with E-state index in [0.29, 0.717) is 6.61 Å². The molecule has 1 aliphatic heterocycles. The van der Waals surface area contributed by atoms with Crippen molar-refractivity contribution >= 4 is 11.0 Å². The zero-order valence-electron chi connectivity index (χ0n) is 14.9. The molecule has 0 saturated heterocycles. The van der Waals surface area contributed by atoms with Gasteiger partial charge in [0.05, 0.1) is 18.4 Å². The molecule has 6 nitrogen and oxygen atoms in total. The topological polar surface area (TPSA) is 68.6 Å². The summed E-state index contributed by atoms with van der Waals surface area (Å²) in [5, 5.41) is 12.8. The van der Waals surface area contributed by atoms with Crippen LogP contribution in [0.15, 0.2) is 36.5 Å². The first kappa shape index (κ1) is 16.0. The number of nitrogens with one attached hydrogen (secondary N) is 1. The fourth-order valence-electron chi connectivity index (χ4n) is 3.59. The lowest BCUT2D eigenvalue weighted by Crippen LogP contribution is -2.00. The van der Waals surface area contributed by atoms with E-state index in [9.17, 15) is 4.39 Å². The van der Waals surface area contributed by atoms with E-state index in [1.807, 2.05) is 17.7 Å². The number of rotatable bonds is 2. The van der Waals surface area contributed by atoms with Crippen molar-refractivity contribution in [1.29, 1.82) is 0 Å². The number of aryl methyl sites for hydroxylation is 2. The van der Waals surface area contributed by atoms with E-state index in [4.69, 9.17) is 9.84 Å². The fourth-order valence-corrected chi connectivity index (χ4v) is 3.59. The second kappa shape index (κ2) is 6.19. The molecule has 0 unspecified atom stereocenters. The molecule has 0 fully saturated rings. The van der Waals surface area contributed by atoms with Crippen LogP contribution in [0.2, 0.25) is 0 Å². The number of hydrogen-bond acceptors (Lipinski definition) is 4. The molecule has 3 aromatic heterocycles. The van der Waals surface area contributed by atoms with Gasteiger partial charge in [-0.1, -0.05) is 0 Å². The summed E-state index contributed by atoms with van der Waals surface area (Å²) in [6.07, 6.45) is 3.77. The molecule has 5 rings (SSSR count). The van der Waals surface area contributed by atoms with Crippen LogP contribution >= 0.6 is 0 Å². The van der Waals surface area contributed by atoms with Crippen LogP contribution in [-0.4, -0.2) is 31.6 Å². The number of nitrogens with zero attached hydrogens (tertiary/aromatic N) is 4. The SMILES string of the molecule is Cc1cc(-c2c(-c3ccc(F)cc3)nn3c2OCCCC3)c2cn[nH]c2n1. The third-order valence-electron chi connectivity index (χ3n) is 4.85. The van der Waals surface area contributed by atoms with Gasteiger partial charge >= 0.3 is 0 Å². The van der Waals surface area contributed by atoms with Crippen molar-refractivity contribution in [2.24, 2.45) is 0 Å². The Kier molecular flexibility index (Phi) is 3.67. The van der Waals surface area contributed by atoms with Crippen LogP contribution in [0, 0.1) is 12.7 Å². The van der Waals surface area contributed by atoms with E-state index in [1.54, 1.807) is 18.3 Å². The van der Waals surface area contributed by atoms with Crippen LogP contribution in [0.4, 0.5) is 4.39 Å². The third-order valence-corrected chi connectivity index (χ3v) is 4.85. The van der Waals surface area contributed by atoms with Gasteiger partial charge in [-0.2, -0.15) is 10.2 Å². The highest BCUT2D eigenvalue weighted by Crippen LogP contribution is 2.42. The Bertz CT molecular complexity index is 1130. The molecule has 4 aromatic rings. The maximum atomic E-state index is 13.5. The standard InChI is InChI=1S/C20H18FN5O/c1-12-10-15(16-11-22-24-19(16)23-12)17-18(13-4-6-14(21)7-5-13)25-26-8-2-3-9-27-20(17)26/h4-7,10-11H,2-3,8-9H2,1H3,(H,22,23,24). The quantitative estimate of drug-likeness (QED) is 0.582. The molecule has 1 aliphatic rings. The van der Waals surface area contributed by atoms with Crippen LogP contribution in [0.25, 0.3) is 33.4 Å². The average Bonchev–Trinajstić information content (AvgIpc) is 3.20. The molecule has 27 heavy (non-hydrogen) atoms. The lowest BCUT2D eigenvalue weighted by molar-refractivity contribution is 0.304. The van der Waals surface area contributed by atoms with E-state index in [0.717, 1.165) is 64.4 Å². The predicted molar refractivity (Wildman–Crippen MR) is 100.0 cm³/mol. The lowest BCUT2D eigenvalue weighted by atomic mass is 9.99. The van der Waals surface area contributed by atoms with E-state index < -0.39 is 0 Å². The van der Waals surface area contributed by atoms with E-state index >= 15 is 0 Å². The molecule has 1 aromatic carbocycles. The Hall–Kier alpha value is -3.22. The molecule has 0 amide bonds. The highest BCUT2D eigenvalue weighted by Gasteiger charge is 2.25. The van der Waals surface area contributed by atoms with Gasteiger partial charge < -0.3 is 4.74 Å². The molecule has 1 N–H and O–H groups in total. The second-order valence-electron chi connectivity index (χ2n) is 6.76. The molecule has 136 valence electrons. The molecule has 0 radical (unpaired) electrons. The first-order valence-corrected chi connectivity index (χ1v) is 9.01. The van der Waals surface area contributed by atoms with Gasteiger partial charge in [0.2, 0.25) is 5.88 Å². The monoisotopic (exact) mass is 363 g/mol. The number of ether oxygens (including phenoxy) is 1. The van der Waals surface area contributed by atoms with Crippen LogP contribution in [0.5, 0.6) is 5.88 Å². The highest BCUT2D eigenvalue weighted by molar-refractivity contribution is 5.98. The minimum Gasteiger partial charge on any atom is -0.477 e. The van der Waals surface area contributed by atoms with E-state index in [-0.39, 0.29) is 5.82 Å². The van der Waals surface area contributed by atoms with Crippen LogP contribution in [-0.2, 0) is 6.54 Å². The lowest BCUT2D eigenvalue weighted by Gasteiger charge is -2.10. The van der Waals surface area contributed by atoms with Crippen LogP contribution < -0.4 is 4.74 Å². The Balaban J connectivity index is 1.82. The molecule has 4 heterocycles. The summed E-state index contributed by atoms with van der Waals surface area (Å²) in [6, 6.07) is 8.44. The summed E-state index contributed by atoms with van der Waals surface area (Å²) in [6.45, 7) is 3.40. The van der Waals surface area contributed by atoms with Gasteiger partial charge in [0, 0.05) is 28.8 Å². The van der Waals surface area contributed by atoms with Gasteiger partial charge in [0.25, 0.3) is 0 Å². The molecular formula is C20H18FN5O. The maximum absolute atomic E-state index is 13.5. The van der Waals surface area contributed by atoms with Gasteiger partial charge in [-0.3, -0.25) is 5.10 Å². The molecule has 0 saturated carbocycles. The van der Waals surface area contributed by atoms with Crippen molar-refractivity contribution in [3.05, 3.63) is 48.0 Å². The zero-order valence-corrected chi connectivity index (χ0v) is 14.9. The normalized spacial score (nSPS) is 14.0. The summed E-state index contributed by atoms with van der Waals surface area (Å²) in [7, 11) is 0. The number of aromatic nitrogens is 5. The molecule has 0 aliphatic carbocycles. The van der Waals surface area contributed by atoms with Gasteiger partial charge in [-0.15, -0.1) is 0 Å². The Labute approximate surface area is 155 Å². The van der Waals surface area contributed by atoms with Gasteiger partial charge in [-0.25, -0.2) is 14.1 Å². The smallest absolute Gasteiger partial charge is 0.220 e. The summed E-state index contributed by atoms with van der Waals surface area (Å²) < 4.78 is 21.5. The van der Waals surface area contributed by atoms with Crippen LogP contribution in [0.1, 0.15) is 18.5 Å². The number of pyridine rings is 1. The van der Waals surface area contributed by atoms with Crippen molar-refractivity contribution in [3.63, 3.8) is 0 Å². The average molecular weight is 363 g/mol. The summed E-state index contributed by atoms with van der Waals surface area (Å²) in [4.78, 5) is 4.52. The largest absolute Gasteiger partial charge is 0.477 e. The van der Waals surface area contributed by atoms with Crippen molar-refractivity contribution in [1.82, 2.24) is 25.0 Å². The second-order valence-corrected chi connectivity index (χ2v) is 6.76. The number of aromatic amines is 1. The Morgan fingerprint density at radius 2 is 2.04 bits per heavy atom. The molecule has 0 bridgehead atoms. The summed E-state index contributed by atoms with van der Waals surface area (Å²) in [5.41, 5.74) is 5.10. The number of fused-ring (bicyclic) bond motifs is 2. The van der Waals surface area contributed by atoms with Crippen molar-refractivity contribution in [2.75, 3.05) is 6.61 Å². The molecule has 0 atom stereocenters. The number of halogens is 1. The first-order valence-electron chi connectivity index (χ1n) is 9.01. The van der Waals surface area contributed by atoms with Crippen LogP contribution in [0.3, 0.4) is 0 Å². The number of hydrogen-bond donors (Lipinski definition) is 1. The predicted octanol–water partition coefficient (Wildman–Crippen LogP) is 4.11. The molecular weight excluding hydrogens is 345 g/mol. The summed E-state index contributed by atoms with van der Waals surface area (Å²) >= 11 is 0. The third kappa shape index (κ3) is 2.66. The van der Waals surface area contributed by atoms with Crippen molar-refractivity contribution in [3.8, 4) is 28.3 Å². The number of H-pyrrole nitrogens is 1. The Morgan fingerprint density at radius 1 is 1.19 bits per heavy atom. The van der Waals surface area contributed by atoms with Gasteiger partial charge in [-0.05, 0) is 50.1 Å². The summed E-state index contributed by atoms with van der Waals surface area (Å²) in [5.74, 6) is 0.481. The first-order chi connectivity index (χ1) is 13.2. The van der Waals surface area contributed by atoms with Gasteiger partial charge in [0.15, 0.2) is 5.65 Å². The van der Waals surface area contributed by atoms with Gasteiger partial charge in [0.1, 0.15) is 11.5 Å². The van der Waals surface area contributed by atoms with Crippen molar-refractivity contribution in [2.45, 2.75) is 26.3 Å².